The molecule has 0 saturated carbocycles. The Morgan fingerprint density at radius 1 is 0.750 bits per heavy atom. The number of allylic oxidation sites excluding steroid dienone is 4. The lowest BCUT2D eigenvalue weighted by molar-refractivity contribution is 1.16. The number of hydrogen-bond donors (Lipinski definition) is 0. The largest absolute Gasteiger partial charge is 0.324 e. The number of nitrogens with zero attached hydrogens (tertiary/aromatic N) is 1. The highest BCUT2D eigenvalue weighted by Crippen LogP contribution is 2.19. The first-order valence-electron chi connectivity index (χ1n) is 6.85. The zero-order chi connectivity index (χ0) is 13.6. The van der Waals surface area contributed by atoms with Crippen LogP contribution in [-0.4, -0.2) is 0 Å². The van der Waals surface area contributed by atoms with Crippen LogP contribution in [0.2, 0.25) is 0 Å². The third-order valence-electron chi connectivity index (χ3n) is 3.28. The van der Waals surface area contributed by atoms with Crippen molar-refractivity contribution in [3.63, 3.8) is 0 Å². The second kappa shape index (κ2) is 6.07. The van der Waals surface area contributed by atoms with Gasteiger partial charge in [0.25, 0.3) is 0 Å². The van der Waals surface area contributed by atoms with E-state index in [2.05, 4.69) is 90.1 Å². The van der Waals surface area contributed by atoms with E-state index in [0.29, 0.717) is 0 Å². The summed E-state index contributed by atoms with van der Waals surface area (Å²) in [6.45, 7) is 0. The summed E-state index contributed by atoms with van der Waals surface area (Å²) in [5.41, 5.74) is 3.81. The van der Waals surface area contributed by atoms with E-state index < -0.39 is 0 Å². The molecule has 2 aromatic carbocycles. The van der Waals surface area contributed by atoms with E-state index in [0.717, 1.165) is 6.42 Å². The topological polar surface area (TPSA) is 3.24 Å². The van der Waals surface area contributed by atoms with Gasteiger partial charge in [0, 0.05) is 18.1 Å². The minimum absolute atomic E-state index is 0.947. The first kappa shape index (κ1) is 12.5. The normalized spacial score (nSPS) is 14.0. The third kappa shape index (κ3) is 3.07. The lowest BCUT2D eigenvalue weighted by Crippen LogP contribution is -2.07. The molecule has 98 valence electrons. The van der Waals surface area contributed by atoms with E-state index in [1.165, 1.54) is 16.8 Å². The van der Waals surface area contributed by atoms with E-state index in [-0.39, 0.29) is 0 Å². The Bertz CT molecular complexity index is 636. The van der Waals surface area contributed by atoms with Crippen LogP contribution in [0, 0.1) is 0 Å². The lowest BCUT2D eigenvalue weighted by Gasteiger charge is -2.16. The van der Waals surface area contributed by atoms with Gasteiger partial charge >= 0.3 is 0 Å². The molecule has 0 fully saturated rings. The van der Waals surface area contributed by atoms with Crippen molar-refractivity contribution in [2.45, 2.75) is 6.42 Å². The number of hydrogen-bond acceptors (Lipinski definition) is 1. The average molecular weight is 259 g/mol. The van der Waals surface area contributed by atoms with Crippen LogP contribution < -0.4 is 4.90 Å². The molecule has 0 bridgehead atoms. The maximum atomic E-state index is 2.20. The van der Waals surface area contributed by atoms with Crippen molar-refractivity contribution in [3.05, 3.63) is 102 Å². The molecular formula is C19H17N. The Balaban J connectivity index is 1.85. The van der Waals surface area contributed by atoms with Crippen LogP contribution in [0.5, 0.6) is 0 Å². The van der Waals surface area contributed by atoms with Gasteiger partial charge in [-0.15, -0.1) is 0 Å². The Kier molecular flexibility index (Phi) is 3.79. The molecule has 2 aromatic rings. The lowest BCUT2D eigenvalue weighted by atomic mass is 10.1. The first-order valence-corrected chi connectivity index (χ1v) is 6.85. The number of benzene rings is 2. The van der Waals surface area contributed by atoms with Crippen LogP contribution in [-0.2, 0) is 6.42 Å². The molecule has 0 radical (unpaired) electrons. The fourth-order valence-corrected chi connectivity index (χ4v) is 2.28. The predicted octanol–water partition coefficient (Wildman–Crippen LogP) is 4.70. The Hall–Kier alpha value is -2.54. The zero-order valence-electron chi connectivity index (χ0n) is 11.3. The molecule has 0 aliphatic carbocycles. The molecule has 0 saturated heterocycles. The first-order chi connectivity index (χ1) is 9.92. The van der Waals surface area contributed by atoms with Crippen molar-refractivity contribution in [2.75, 3.05) is 4.90 Å². The van der Waals surface area contributed by atoms with Crippen LogP contribution in [0.3, 0.4) is 0 Å². The fourth-order valence-electron chi connectivity index (χ4n) is 2.28. The molecule has 20 heavy (non-hydrogen) atoms. The van der Waals surface area contributed by atoms with Crippen molar-refractivity contribution in [1.29, 1.82) is 0 Å². The SMILES string of the molecule is C1=CC(Cc2ccccc2)=CN(c2ccccc2)C=C1. The molecule has 1 heterocycles. The van der Waals surface area contributed by atoms with Gasteiger partial charge in [-0.1, -0.05) is 60.7 Å². The van der Waals surface area contributed by atoms with Gasteiger partial charge in [-0.25, -0.2) is 0 Å². The molecule has 1 aliphatic heterocycles. The van der Waals surface area contributed by atoms with Gasteiger partial charge in [-0.2, -0.15) is 0 Å². The van der Waals surface area contributed by atoms with Crippen molar-refractivity contribution in [2.24, 2.45) is 0 Å². The molecule has 1 heteroatoms. The second-order valence-corrected chi connectivity index (χ2v) is 4.81. The van der Waals surface area contributed by atoms with E-state index in [1.54, 1.807) is 0 Å². The highest BCUT2D eigenvalue weighted by molar-refractivity contribution is 5.54. The quantitative estimate of drug-likeness (QED) is 0.772. The molecule has 0 unspecified atom stereocenters. The molecule has 3 rings (SSSR count). The van der Waals surface area contributed by atoms with E-state index >= 15 is 0 Å². The predicted molar refractivity (Wildman–Crippen MR) is 85.4 cm³/mol. The highest BCUT2D eigenvalue weighted by Gasteiger charge is 2.04. The summed E-state index contributed by atoms with van der Waals surface area (Å²) >= 11 is 0. The summed E-state index contributed by atoms with van der Waals surface area (Å²) in [7, 11) is 0. The number of para-hydroxylation sites is 1. The van der Waals surface area contributed by atoms with E-state index in [4.69, 9.17) is 0 Å². The van der Waals surface area contributed by atoms with Crippen molar-refractivity contribution in [3.8, 4) is 0 Å². The monoisotopic (exact) mass is 259 g/mol. The number of anilines is 1. The second-order valence-electron chi connectivity index (χ2n) is 4.81. The van der Waals surface area contributed by atoms with Gasteiger partial charge in [0.15, 0.2) is 0 Å². The van der Waals surface area contributed by atoms with Gasteiger partial charge in [-0.3, -0.25) is 0 Å². The molecule has 0 spiro atoms. The van der Waals surface area contributed by atoms with Gasteiger partial charge < -0.3 is 4.90 Å². The summed E-state index contributed by atoms with van der Waals surface area (Å²) in [6, 6.07) is 21.0. The van der Waals surface area contributed by atoms with Crippen LogP contribution in [0.25, 0.3) is 0 Å². The molecule has 1 aliphatic rings. The van der Waals surface area contributed by atoms with Gasteiger partial charge in [0.1, 0.15) is 0 Å². The summed E-state index contributed by atoms with van der Waals surface area (Å²) in [5, 5.41) is 0. The molecular weight excluding hydrogens is 242 g/mol. The summed E-state index contributed by atoms with van der Waals surface area (Å²) in [5.74, 6) is 0. The van der Waals surface area contributed by atoms with Crippen LogP contribution in [0.1, 0.15) is 5.56 Å². The molecule has 0 amide bonds. The van der Waals surface area contributed by atoms with Gasteiger partial charge in [0.05, 0.1) is 0 Å². The molecule has 1 nitrogen and oxygen atoms in total. The Labute approximate surface area is 120 Å². The van der Waals surface area contributed by atoms with Gasteiger partial charge in [0.2, 0.25) is 0 Å². The van der Waals surface area contributed by atoms with Crippen molar-refractivity contribution in [1.82, 2.24) is 0 Å². The average Bonchev–Trinajstić information content (AvgIpc) is 2.75. The van der Waals surface area contributed by atoms with E-state index in [1.807, 2.05) is 6.07 Å². The fraction of sp³-hybridized carbons (Fsp3) is 0.0526. The number of rotatable bonds is 3. The Morgan fingerprint density at radius 2 is 1.45 bits per heavy atom. The molecule has 0 atom stereocenters. The maximum absolute atomic E-state index is 2.20. The van der Waals surface area contributed by atoms with Gasteiger partial charge in [-0.05, 0) is 35.8 Å². The Morgan fingerprint density at radius 3 is 2.20 bits per heavy atom. The van der Waals surface area contributed by atoms with Crippen LogP contribution in [0.15, 0.2) is 96.9 Å². The smallest absolute Gasteiger partial charge is 0.0449 e. The van der Waals surface area contributed by atoms with Crippen molar-refractivity contribution < 1.29 is 0 Å². The highest BCUT2D eigenvalue weighted by atomic mass is 15.1. The van der Waals surface area contributed by atoms with Crippen LogP contribution >= 0.6 is 0 Å². The summed E-state index contributed by atoms with van der Waals surface area (Å²) in [4.78, 5) is 2.16. The molecule has 0 N–H and O–H groups in total. The van der Waals surface area contributed by atoms with Crippen LogP contribution in [0.4, 0.5) is 5.69 Å². The maximum Gasteiger partial charge on any atom is 0.0449 e. The summed E-state index contributed by atoms with van der Waals surface area (Å²) in [6.07, 6.45) is 11.6. The zero-order valence-corrected chi connectivity index (χ0v) is 11.3. The molecule has 0 aromatic heterocycles. The summed E-state index contributed by atoms with van der Waals surface area (Å²) < 4.78 is 0. The minimum atomic E-state index is 0.947. The minimum Gasteiger partial charge on any atom is -0.324 e. The third-order valence-corrected chi connectivity index (χ3v) is 3.28. The van der Waals surface area contributed by atoms with E-state index in [9.17, 15) is 0 Å². The standard InChI is InChI=1S/C19H17N/c1-3-9-17(10-4-1)15-18-11-7-8-14-20(16-18)19-12-5-2-6-13-19/h1-14,16H,15H2. The van der Waals surface area contributed by atoms with Crippen molar-refractivity contribution >= 4 is 5.69 Å².